The normalized spacial score (nSPS) is 15.2. The summed E-state index contributed by atoms with van der Waals surface area (Å²) in [5.41, 5.74) is -0.510. The summed E-state index contributed by atoms with van der Waals surface area (Å²) in [4.78, 5) is 11.7. The van der Waals surface area contributed by atoms with Crippen LogP contribution in [0.15, 0.2) is 0 Å². The lowest BCUT2D eigenvalue weighted by molar-refractivity contribution is -0.157. The molecule has 2 unspecified atom stereocenters. The Labute approximate surface area is 110 Å². The van der Waals surface area contributed by atoms with Crippen LogP contribution in [0.5, 0.6) is 0 Å². The van der Waals surface area contributed by atoms with Crippen LogP contribution in [-0.2, 0) is 9.53 Å². The van der Waals surface area contributed by atoms with Crippen LogP contribution < -0.4 is 5.32 Å². The topological polar surface area (TPSA) is 78.8 Å². The highest BCUT2D eigenvalue weighted by molar-refractivity contribution is 5.75. The van der Waals surface area contributed by atoms with Gasteiger partial charge in [0, 0.05) is 12.6 Å². The first kappa shape index (κ1) is 17.4. The van der Waals surface area contributed by atoms with Gasteiger partial charge in [0.25, 0.3) is 0 Å². The van der Waals surface area contributed by atoms with Crippen LogP contribution in [0.25, 0.3) is 0 Å². The van der Waals surface area contributed by atoms with Crippen LogP contribution >= 0.6 is 0 Å². The average Bonchev–Trinajstić information content (AvgIpc) is 2.36. The van der Waals surface area contributed by atoms with Gasteiger partial charge in [-0.1, -0.05) is 13.8 Å². The van der Waals surface area contributed by atoms with Crippen molar-refractivity contribution in [2.24, 2.45) is 5.41 Å². The van der Waals surface area contributed by atoms with Crippen LogP contribution in [0.3, 0.4) is 0 Å². The van der Waals surface area contributed by atoms with E-state index in [-0.39, 0.29) is 25.2 Å². The largest absolute Gasteiger partial charge is 0.462 e. The van der Waals surface area contributed by atoms with Gasteiger partial charge in [-0.05, 0) is 26.7 Å². The van der Waals surface area contributed by atoms with Gasteiger partial charge in [-0.25, -0.2) is 0 Å². The first-order valence-corrected chi connectivity index (χ1v) is 6.56. The Kier molecular flexibility index (Phi) is 8.15. The molecule has 0 fully saturated rings. The van der Waals surface area contributed by atoms with Crippen molar-refractivity contribution in [2.45, 2.75) is 52.7 Å². The third kappa shape index (κ3) is 6.33. The molecule has 0 saturated carbocycles. The molecule has 0 bridgehead atoms. The maximum atomic E-state index is 11.7. The van der Waals surface area contributed by atoms with E-state index in [0.717, 1.165) is 6.42 Å². The molecule has 0 aromatic rings. The highest BCUT2D eigenvalue weighted by Gasteiger charge is 2.27. The van der Waals surface area contributed by atoms with E-state index in [1.165, 1.54) is 0 Å². The smallest absolute Gasteiger partial charge is 0.311 e. The lowest BCUT2D eigenvalue weighted by atomic mass is 9.91. The van der Waals surface area contributed by atoms with E-state index in [0.29, 0.717) is 13.0 Å². The second kappa shape index (κ2) is 8.45. The van der Waals surface area contributed by atoms with Crippen molar-refractivity contribution in [2.75, 3.05) is 19.8 Å². The third-order valence-corrected chi connectivity index (χ3v) is 3.20. The molecule has 0 aromatic carbocycles. The molecule has 5 nitrogen and oxygen atoms in total. The van der Waals surface area contributed by atoms with Crippen molar-refractivity contribution < 1.29 is 19.7 Å². The molecule has 0 aromatic heterocycles. The number of hydrogen-bond donors (Lipinski definition) is 3. The maximum Gasteiger partial charge on any atom is 0.311 e. The molecule has 0 radical (unpaired) electrons. The number of aliphatic hydroxyl groups excluding tert-OH is 2. The Morgan fingerprint density at radius 3 is 2.44 bits per heavy atom. The molecule has 0 aliphatic carbocycles. The third-order valence-electron chi connectivity index (χ3n) is 3.20. The van der Waals surface area contributed by atoms with Gasteiger partial charge < -0.3 is 20.3 Å². The second-order valence-electron chi connectivity index (χ2n) is 5.19. The lowest BCUT2D eigenvalue weighted by Gasteiger charge is -2.22. The predicted octanol–water partition coefficient (Wildman–Crippen LogP) is 0.687. The van der Waals surface area contributed by atoms with Crippen LogP contribution in [0.2, 0.25) is 0 Å². The summed E-state index contributed by atoms with van der Waals surface area (Å²) < 4.78 is 5.07. The van der Waals surface area contributed by atoms with Crippen LogP contribution in [0.1, 0.15) is 40.5 Å². The van der Waals surface area contributed by atoms with Gasteiger partial charge in [0.05, 0.1) is 12.0 Å². The van der Waals surface area contributed by atoms with Gasteiger partial charge >= 0.3 is 5.97 Å². The number of hydrogen-bond acceptors (Lipinski definition) is 5. The van der Waals surface area contributed by atoms with E-state index < -0.39 is 11.5 Å². The Morgan fingerprint density at radius 2 is 2.00 bits per heavy atom. The molecule has 108 valence electrons. The molecule has 0 aliphatic heterocycles. The van der Waals surface area contributed by atoms with Gasteiger partial charge in [0.1, 0.15) is 12.7 Å². The fraction of sp³-hybridized carbons (Fsp3) is 0.923. The fourth-order valence-electron chi connectivity index (χ4n) is 1.21. The standard InChI is InChI=1S/C13H27NO4/c1-5-10(8-15)14-7-11(16)9-18-12(17)13(3,4)6-2/h10-11,14-16H,5-9H2,1-4H3. The summed E-state index contributed by atoms with van der Waals surface area (Å²) in [6.07, 6.45) is 0.733. The average molecular weight is 261 g/mol. The molecule has 18 heavy (non-hydrogen) atoms. The summed E-state index contributed by atoms with van der Waals surface area (Å²) in [6.45, 7) is 7.83. The first-order chi connectivity index (χ1) is 8.37. The summed E-state index contributed by atoms with van der Waals surface area (Å²) in [5.74, 6) is -0.293. The van der Waals surface area contributed by atoms with Crippen molar-refractivity contribution >= 4 is 5.97 Å². The number of nitrogens with one attached hydrogen (secondary N) is 1. The zero-order valence-corrected chi connectivity index (χ0v) is 11.9. The zero-order valence-electron chi connectivity index (χ0n) is 11.9. The molecular weight excluding hydrogens is 234 g/mol. The van der Waals surface area contributed by atoms with Gasteiger partial charge in [0.15, 0.2) is 0 Å². The summed E-state index contributed by atoms with van der Waals surface area (Å²) in [7, 11) is 0. The Balaban J connectivity index is 3.90. The predicted molar refractivity (Wildman–Crippen MR) is 70.2 cm³/mol. The second-order valence-corrected chi connectivity index (χ2v) is 5.19. The number of aliphatic hydroxyl groups is 2. The number of carbonyl (C=O) groups is 1. The molecule has 3 N–H and O–H groups in total. The van der Waals surface area contributed by atoms with Crippen molar-refractivity contribution in [1.29, 1.82) is 0 Å². The molecule has 0 aliphatic rings. The SMILES string of the molecule is CCC(CO)NCC(O)COC(=O)C(C)(C)CC. The molecule has 0 spiro atoms. The van der Waals surface area contributed by atoms with E-state index in [1.807, 2.05) is 27.7 Å². The number of rotatable bonds is 9. The van der Waals surface area contributed by atoms with Crippen molar-refractivity contribution in [1.82, 2.24) is 5.32 Å². The van der Waals surface area contributed by atoms with E-state index in [9.17, 15) is 9.90 Å². The fourth-order valence-corrected chi connectivity index (χ4v) is 1.21. The van der Waals surface area contributed by atoms with Crippen LogP contribution in [-0.4, -0.2) is 48.1 Å². The van der Waals surface area contributed by atoms with Crippen LogP contribution in [0, 0.1) is 5.41 Å². The van der Waals surface area contributed by atoms with Gasteiger partial charge in [-0.15, -0.1) is 0 Å². The van der Waals surface area contributed by atoms with Gasteiger partial charge in [-0.2, -0.15) is 0 Å². The molecule has 0 saturated heterocycles. The zero-order chi connectivity index (χ0) is 14.2. The monoisotopic (exact) mass is 261 g/mol. The number of ether oxygens (including phenoxy) is 1. The molecule has 2 atom stereocenters. The minimum absolute atomic E-state index is 0.0167. The van der Waals surface area contributed by atoms with Crippen molar-refractivity contribution in [3.05, 3.63) is 0 Å². The minimum Gasteiger partial charge on any atom is -0.462 e. The van der Waals surface area contributed by atoms with E-state index in [1.54, 1.807) is 0 Å². The molecular formula is C13H27NO4. The molecule has 0 rings (SSSR count). The highest BCUT2D eigenvalue weighted by atomic mass is 16.5. The quantitative estimate of drug-likeness (QED) is 0.532. The van der Waals surface area contributed by atoms with E-state index in [4.69, 9.17) is 9.84 Å². The number of esters is 1. The minimum atomic E-state index is -0.748. The Bertz CT molecular complexity index is 239. The summed E-state index contributed by atoms with van der Waals surface area (Å²) >= 11 is 0. The Morgan fingerprint density at radius 1 is 1.39 bits per heavy atom. The molecule has 0 heterocycles. The van der Waals surface area contributed by atoms with E-state index in [2.05, 4.69) is 5.32 Å². The highest BCUT2D eigenvalue weighted by Crippen LogP contribution is 2.21. The molecule has 0 amide bonds. The lowest BCUT2D eigenvalue weighted by Crippen LogP contribution is -2.40. The summed E-state index contributed by atoms with van der Waals surface area (Å²) in [5, 5.41) is 21.6. The van der Waals surface area contributed by atoms with Crippen molar-refractivity contribution in [3.63, 3.8) is 0 Å². The van der Waals surface area contributed by atoms with Crippen molar-refractivity contribution in [3.8, 4) is 0 Å². The summed E-state index contributed by atoms with van der Waals surface area (Å²) in [6, 6.07) is -0.0255. The van der Waals surface area contributed by atoms with Crippen LogP contribution in [0.4, 0.5) is 0 Å². The maximum absolute atomic E-state index is 11.7. The van der Waals surface area contributed by atoms with E-state index >= 15 is 0 Å². The Hall–Kier alpha value is -0.650. The van der Waals surface area contributed by atoms with Gasteiger partial charge in [-0.3, -0.25) is 4.79 Å². The first-order valence-electron chi connectivity index (χ1n) is 6.56. The number of carbonyl (C=O) groups excluding carboxylic acids is 1. The molecule has 5 heteroatoms. The van der Waals surface area contributed by atoms with Gasteiger partial charge in [0.2, 0.25) is 0 Å².